The predicted octanol–water partition coefficient (Wildman–Crippen LogP) is 4.08. The van der Waals surface area contributed by atoms with Crippen LogP contribution in [0.4, 0.5) is 15.3 Å². The van der Waals surface area contributed by atoms with Gasteiger partial charge < -0.3 is 19.9 Å². The molecule has 0 aromatic heterocycles. The van der Waals surface area contributed by atoms with Crippen LogP contribution >= 0.6 is 23.2 Å². The summed E-state index contributed by atoms with van der Waals surface area (Å²) >= 11 is 11.8. The average Bonchev–Trinajstić information content (AvgIpc) is 2.49. The topological polar surface area (TPSA) is 61.9 Å². The molecule has 0 bridgehead atoms. The van der Waals surface area contributed by atoms with Crippen molar-refractivity contribution in [2.24, 2.45) is 0 Å². The Morgan fingerprint density at radius 2 is 1.62 bits per heavy atom. The summed E-state index contributed by atoms with van der Waals surface area (Å²) in [6.45, 7) is 7.22. The third-order valence-corrected chi connectivity index (χ3v) is 4.13. The first-order valence-electron chi connectivity index (χ1n) is 7.64. The van der Waals surface area contributed by atoms with Crippen molar-refractivity contribution < 1.29 is 14.3 Å². The van der Waals surface area contributed by atoms with Crippen molar-refractivity contribution in [3.63, 3.8) is 0 Å². The molecule has 1 aliphatic heterocycles. The highest BCUT2D eigenvalue weighted by atomic mass is 35.5. The number of piperazine rings is 1. The van der Waals surface area contributed by atoms with Crippen molar-refractivity contribution in [3.05, 3.63) is 28.2 Å². The third-order valence-electron chi connectivity index (χ3n) is 3.39. The van der Waals surface area contributed by atoms with Crippen molar-refractivity contribution in [1.29, 1.82) is 0 Å². The first-order valence-corrected chi connectivity index (χ1v) is 8.40. The second kappa shape index (κ2) is 7.49. The van der Waals surface area contributed by atoms with Crippen molar-refractivity contribution in [2.75, 3.05) is 31.5 Å². The number of anilines is 1. The lowest BCUT2D eigenvalue weighted by Gasteiger charge is -2.35. The molecule has 0 atom stereocenters. The molecule has 6 nitrogen and oxygen atoms in total. The molecule has 1 saturated heterocycles. The molecule has 1 aliphatic rings. The molecule has 132 valence electrons. The fourth-order valence-electron chi connectivity index (χ4n) is 2.20. The summed E-state index contributed by atoms with van der Waals surface area (Å²) in [6, 6.07) is 4.67. The molecule has 1 aromatic rings. The lowest BCUT2D eigenvalue weighted by atomic mass is 10.2. The van der Waals surface area contributed by atoms with Gasteiger partial charge in [-0.2, -0.15) is 0 Å². The van der Waals surface area contributed by atoms with Gasteiger partial charge >= 0.3 is 12.1 Å². The Hall–Kier alpha value is -1.66. The first-order chi connectivity index (χ1) is 11.2. The molecule has 0 radical (unpaired) electrons. The molecule has 2 rings (SSSR count). The Morgan fingerprint density at radius 1 is 1.04 bits per heavy atom. The largest absolute Gasteiger partial charge is 0.444 e. The van der Waals surface area contributed by atoms with Gasteiger partial charge in [-0.15, -0.1) is 0 Å². The van der Waals surface area contributed by atoms with E-state index in [1.54, 1.807) is 28.0 Å². The van der Waals surface area contributed by atoms with E-state index in [2.05, 4.69) is 5.32 Å². The van der Waals surface area contributed by atoms with Gasteiger partial charge in [0.1, 0.15) is 5.60 Å². The summed E-state index contributed by atoms with van der Waals surface area (Å²) in [7, 11) is 0. The van der Waals surface area contributed by atoms with Gasteiger partial charge in [0.2, 0.25) is 0 Å². The van der Waals surface area contributed by atoms with Crippen molar-refractivity contribution >= 4 is 41.0 Å². The number of carbonyl (C=O) groups is 2. The molecular weight excluding hydrogens is 353 g/mol. The van der Waals surface area contributed by atoms with Crippen LogP contribution < -0.4 is 5.32 Å². The van der Waals surface area contributed by atoms with Crippen molar-refractivity contribution in [1.82, 2.24) is 9.80 Å². The maximum Gasteiger partial charge on any atom is 0.410 e. The molecule has 1 aromatic carbocycles. The van der Waals surface area contributed by atoms with Crippen LogP contribution in [0, 0.1) is 0 Å². The maximum atomic E-state index is 12.3. The molecule has 0 aliphatic carbocycles. The van der Waals surface area contributed by atoms with Crippen LogP contribution in [0.5, 0.6) is 0 Å². The van der Waals surface area contributed by atoms with E-state index in [1.165, 1.54) is 0 Å². The molecule has 0 spiro atoms. The minimum Gasteiger partial charge on any atom is -0.444 e. The van der Waals surface area contributed by atoms with E-state index in [4.69, 9.17) is 27.9 Å². The first kappa shape index (κ1) is 18.7. The van der Waals surface area contributed by atoms with E-state index in [9.17, 15) is 9.59 Å². The summed E-state index contributed by atoms with van der Waals surface area (Å²) in [5, 5.41) is 3.58. The predicted molar refractivity (Wildman–Crippen MR) is 94.9 cm³/mol. The molecule has 3 amide bonds. The van der Waals surface area contributed by atoms with E-state index in [0.29, 0.717) is 41.9 Å². The number of carbonyl (C=O) groups excluding carboxylic acids is 2. The SMILES string of the molecule is CC(C)(C)OC(=O)N1CCN(C(=O)Nc2ccc(Cl)c(Cl)c2)CC1. The summed E-state index contributed by atoms with van der Waals surface area (Å²) in [6.07, 6.45) is -0.355. The number of hydrogen-bond donors (Lipinski definition) is 1. The van der Waals surface area contributed by atoms with Gasteiger partial charge in [-0.3, -0.25) is 0 Å². The number of ether oxygens (including phenoxy) is 1. The Bertz CT molecular complexity index is 623. The number of nitrogens with zero attached hydrogens (tertiary/aromatic N) is 2. The van der Waals surface area contributed by atoms with Gasteiger partial charge in [0.05, 0.1) is 10.0 Å². The highest BCUT2D eigenvalue weighted by Gasteiger charge is 2.27. The summed E-state index contributed by atoms with van der Waals surface area (Å²) in [5.74, 6) is 0. The van der Waals surface area contributed by atoms with Crippen LogP contribution in [0.3, 0.4) is 0 Å². The fraction of sp³-hybridized carbons (Fsp3) is 0.500. The van der Waals surface area contributed by atoms with Gasteiger partial charge in [-0.05, 0) is 39.0 Å². The molecule has 24 heavy (non-hydrogen) atoms. The molecule has 8 heteroatoms. The highest BCUT2D eigenvalue weighted by molar-refractivity contribution is 6.42. The third kappa shape index (κ3) is 5.18. The number of halogens is 2. The Kier molecular flexibility index (Phi) is 5.83. The van der Waals surface area contributed by atoms with Crippen LogP contribution in [0.15, 0.2) is 18.2 Å². The van der Waals surface area contributed by atoms with Crippen LogP contribution in [0.1, 0.15) is 20.8 Å². The number of benzene rings is 1. The van der Waals surface area contributed by atoms with E-state index in [0.717, 1.165) is 0 Å². The summed E-state index contributed by atoms with van der Waals surface area (Å²) in [4.78, 5) is 27.5. The second-order valence-electron chi connectivity index (χ2n) is 6.51. The van der Waals surface area contributed by atoms with Crippen LogP contribution in [-0.2, 0) is 4.74 Å². The second-order valence-corrected chi connectivity index (χ2v) is 7.33. The molecule has 1 heterocycles. The van der Waals surface area contributed by atoms with Gasteiger partial charge in [0.25, 0.3) is 0 Å². The number of nitrogens with one attached hydrogen (secondary N) is 1. The molecule has 0 unspecified atom stereocenters. The van der Waals surface area contributed by atoms with E-state index in [-0.39, 0.29) is 12.1 Å². The monoisotopic (exact) mass is 373 g/mol. The van der Waals surface area contributed by atoms with Crippen LogP contribution in [0.2, 0.25) is 10.0 Å². The smallest absolute Gasteiger partial charge is 0.410 e. The quantitative estimate of drug-likeness (QED) is 0.806. The zero-order valence-corrected chi connectivity index (χ0v) is 15.4. The minimum atomic E-state index is -0.528. The Morgan fingerprint density at radius 3 is 2.17 bits per heavy atom. The van der Waals surface area contributed by atoms with Crippen LogP contribution in [-0.4, -0.2) is 53.7 Å². The molecule has 0 saturated carbocycles. The standard InChI is InChI=1S/C16H21Cl2N3O3/c1-16(2,3)24-15(23)21-8-6-20(7-9-21)14(22)19-11-4-5-12(17)13(18)10-11/h4-5,10H,6-9H2,1-3H3,(H,19,22). The lowest BCUT2D eigenvalue weighted by Crippen LogP contribution is -2.52. The maximum absolute atomic E-state index is 12.3. The summed E-state index contributed by atoms with van der Waals surface area (Å²) in [5.41, 5.74) is 0.0448. The Balaban J connectivity index is 1.86. The van der Waals surface area contributed by atoms with Gasteiger partial charge in [-0.25, -0.2) is 9.59 Å². The summed E-state index contributed by atoms with van der Waals surface area (Å²) < 4.78 is 5.33. The Labute approximate surface area is 151 Å². The number of amides is 3. The van der Waals surface area contributed by atoms with Crippen molar-refractivity contribution in [3.8, 4) is 0 Å². The highest BCUT2D eigenvalue weighted by Crippen LogP contribution is 2.25. The number of urea groups is 1. The van der Waals surface area contributed by atoms with Gasteiger partial charge in [0.15, 0.2) is 0 Å². The number of rotatable bonds is 1. The molecule has 1 fully saturated rings. The lowest BCUT2D eigenvalue weighted by molar-refractivity contribution is 0.0174. The normalized spacial score (nSPS) is 15.2. The minimum absolute atomic E-state index is 0.239. The zero-order valence-electron chi connectivity index (χ0n) is 13.9. The average molecular weight is 374 g/mol. The van der Waals surface area contributed by atoms with E-state index >= 15 is 0 Å². The van der Waals surface area contributed by atoms with E-state index in [1.807, 2.05) is 20.8 Å². The number of hydrogen-bond acceptors (Lipinski definition) is 3. The molecule has 1 N–H and O–H groups in total. The fourth-order valence-corrected chi connectivity index (χ4v) is 2.49. The zero-order chi connectivity index (χ0) is 17.9. The molecular formula is C16H21Cl2N3O3. The van der Waals surface area contributed by atoms with Crippen LogP contribution in [0.25, 0.3) is 0 Å². The van der Waals surface area contributed by atoms with Gasteiger partial charge in [0, 0.05) is 31.9 Å². The van der Waals surface area contributed by atoms with Gasteiger partial charge in [-0.1, -0.05) is 23.2 Å². The van der Waals surface area contributed by atoms with Crippen molar-refractivity contribution in [2.45, 2.75) is 26.4 Å². The van der Waals surface area contributed by atoms with E-state index < -0.39 is 5.60 Å².